The molecule has 0 fully saturated rings. The van der Waals surface area contributed by atoms with E-state index in [9.17, 15) is 14.4 Å². The highest BCUT2D eigenvalue weighted by molar-refractivity contribution is 6.05. The van der Waals surface area contributed by atoms with Gasteiger partial charge in [0.25, 0.3) is 11.5 Å². The third kappa shape index (κ3) is 2.88. The number of likely N-dealkylation sites (N-methyl/N-ethyl adjacent to an activating group) is 1. The normalized spacial score (nSPS) is 12.7. The fourth-order valence-corrected chi connectivity index (χ4v) is 2.70. The lowest BCUT2D eigenvalue weighted by Crippen LogP contribution is -2.20. The first-order valence-electron chi connectivity index (χ1n) is 7.46. The molecular weight excluding hydrogens is 310 g/mol. The van der Waals surface area contributed by atoms with E-state index in [0.29, 0.717) is 11.3 Å². The van der Waals surface area contributed by atoms with Crippen molar-refractivity contribution in [3.8, 4) is 0 Å². The molecule has 0 spiro atoms. The van der Waals surface area contributed by atoms with Crippen LogP contribution >= 0.6 is 0 Å². The first-order valence-corrected chi connectivity index (χ1v) is 7.46. The van der Waals surface area contributed by atoms with Crippen LogP contribution in [0.3, 0.4) is 0 Å². The quantitative estimate of drug-likeness (QED) is 0.832. The Morgan fingerprint density at radius 3 is 2.83 bits per heavy atom. The zero-order valence-electron chi connectivity index (χ0n) is 13.4. The van der Waals surface area contributed by atoms with Crippen molar-refractivity contribution in [3.05, 3.63) is 57.5 Å². The Morgan fingerprint density at radius 2 is 2.08 bits per heavy atom. The van der Waals surface area contributed by atoms with Gasteiger partial charge in [0.05, 0.1) is 12.8 Å². The molecule has 1 aromatic heterocycles. The predicted octanol–water partition coefficient (Wildman–Crippen LogP) is 1.41. The van der Waals surface area contributed by atoms with E-state index in [-0.39, 0.29) is 11.5 Å². The van der Waals surface area contributed by atoms with Crippen molar-refractivity contribution < 1.29 is 14.3 Å². The number of methoxy groups -OCH3 is 1. The molecule has 2 aromatic rings. The second kappa shape index (κ2) is 6.19. The van der Waals surface area contributed by atoms with Gasteiger partial charge in [0.2, 0.25) is 0 Å². The maximum Gasteiger partial charge on any atom is 0.343 e. The molecule has 7 nitrogen and oxygen atoms in total. The molecule has 1 aromatic carbocycles. The molecule has 0 saturated heterocycles. The van der Waals surface area contributed by atoms with Gasteiger partial charge in [0.1, 0.15) is 5.56 Å². The van der Waals surface area contributed by atoms with Crippen molar-refractivity contribution >= 4 is 23.3 Å². The fourth-order valence-electron chi connectivity index (χ4n) is 2.70. The summed E-state index contributed by atoms with van der Waals surface area (Å²) in [6.07, 6.45) is 2.31. The second-order valence-electron chi connectivity index (χ2n) is 5.59. The van der Waals surface area contributed by atoms with Gasteiger partial charge < -0.3 is 19.9 Å². The number of anilines is 2. The zero-order chi connectivity index (χ0) is 17.3. The van der Waals surface area contributed by atoms with Crippen LogP contribution < -0.4 is 15.8 Å². The summed E-state index contributed by atoms with van der Waals surface area (Å²) in [6, 6.07) is 6.84. The Kier molecular flexibility index (Phi) is 4.07. The average molecular weight is 327 g/mol. The number of pyridine rings is 1. The van der Waals surface area contributed by atoms with Crippen LogP contribution in [-0.2, 0) is 11.2 Å². The number of ether oxygens (including phenoxy) is 1. The Hall–Kier alpha value is -3.09. The zero-order valence-corrected chi connectivity index (χ0v) is 13.4. The summed E-state index contributed by atoms with van der Waals surface area (Å²) >= 11 is 0. The molecule has 3 rings (SSSR count). The number of hydrogen-bond acceptors (Lipinski definition) is 5. The van der Waals surface area contributed by atoms with E-state index in [4.69, 9.17) is 0 Å². The number of amides is 1. The van der Waals surface area contributed by atoms with Gasteiger partial charge in [-0.1, -0.05) is 6.07 Å². The standard InChI is InChI=1S/C17H17N3O4/c1-20-6-5-10-3-4-11(7-14(10)20)15(21)19-12-8-13(17(23)24-2)16(22)18-9-12/h3-4,7-9H,5-6H2,1-2H3,(H,18,22)(H,19,21). The summed E-state index contributed by atoms with van der Waals surface area (Å²) in [7, 11) is 3.17. The smallest absolute Gasteiger partial charge is 0.343 e. The summed E-state index contributed by atoms with van der Waals surface area (Å²) < 4.78 is 4.55. The maximum absolute atomic E-state index is 12.4. The number of esters is 1. The maximum atomic E-state index is 12.4. The molecule has 2 heterocycles. The number of carbonyl (C=O) groups excluding carboxylic acids is 2. The van der Waals surface area contributed by atoms with Crippen molar-refractivity contribution in [1.82, 2.24) is 4.98 Å². The first-order chi connectivity index (χ1) is 11.5. The molecular formula is C17H17N3O4. The van der Waals surface area contributed by atoms with Crippen molar-refractivity contribution in [2.24, 2.45) is 0 Å². The summed E-state index contributed by atoms with van der Waals surface area (Å²) in [5.74, 6) is -1.08. The molecule has 124 valence electrons. The van der Waals surface area contributed by atoms with Crippen LogP contribution in [0.4, 0.5) is 11.4 Å². The minimum Gasteiger partial charge on any atom is -0.465 e. The number of rotatable bonds is 3. The van der Waals surface area contributed by atoms with E-state index in [2.05, 4.69) is 19.9 Å². The van der Waals surface area contributed by atoms with Gasteiger partial charge in [0, 0.05) is 31.0 Å². The Bertz CT molecular complexity index is 872. The van der Waals surface area contributed by atoms with Crippen LogP contribution in [0.1, 0.15) is 26.3 Å². The molecule has 2 N–H and O–H groups in total. The van der Waals surface area contributed by atoms with Gasteiger partial charge in [-0.3, -0.25) is 9.59 Å². The minimum absolute atomic E-state index is 0.163. The molecule has 1 amide bonds. The summed E-state index contributed by atoms with van der Waals surface area (Å²) in [4.78, 5) is 40.1. The van der Waals surface area contributed by atoms with Crippen LogP contribution in [-0.4, -0.2) is 37.6 Å². The van der Waals surface area contributed by atoms with E-state index < -0.39 is 11.5 Å². The van der Waals surface area contributed by atoms with Gasteiger partial charge in [-0.15, -0.1) is 0 Å². The first kappa shape index (κ1) is 15.8. The lowest BCUT2D eigenvalue weighted by Gasteiger charge is -2.13. The Morgan fingerprint density at radius 1 is 1.29 bits per heavy atom. The van der Waals surface area contributed by atoms with Crippen molar-refractivity contribution in [3.63, 3.8) is 0 Å². The van der Waals surface area contributed by atoms with Crippen LogP contribution in [0.2, 0.25) is 0 Å². The monoisotopic (exact) mass is 327 g/mol. The van der Waals surface area contributed by atoms with E-state index in [0.717, 1.165) is 18.7 Å². The van der Waals surface area contributed by atoms with Crippen LogP contribution in [0.25, 0.3) is 0 Å². The topological polar surface area (TPSA) is 91.5 Å². The average Bonchev–Trinajstić information content (AvgIpc) is 2.96. The number of nitrogens with zero attached hydrogens (tertiary/aromatic N) is 1. The lowest BCUT2D eigenvalue weighted by molar-refractivity contribution is 0.0598. The predicted molar refractivity (Wildman–Crippen MR) is 89.8 cm³/mol. The number of carbonyl (C=O) groups is 2. The van der Waals surface area contributed by atoms with Crippen molar-refractivity contribution in [2.75, 3.05) is 30.9 Å². The van der Waals surface area contributed by atoms with Gasteiger partial charge in [-0.05, 0) is 30.2 Å². The Balaban J connectivity index is 1.84. The van der Waals surface area contributed by atoms with Gasteiger partial charge in [0.15, 0.2) is 0 Å². The molecule has 0 saturated carbocycles. The van der Waals surface area contributed by atoms with Gasteiger partial charge >= 0.3 is 5.97 Å². The highest BCUT2D eigenvalue weighted by Gasteiger charge is 2.18. The number of benzene rings is 1. The molecule has 1 aliphatic heterocycles. The Labute approximate surface area is 138 Å². The molecule has 0 unspecified atom stereocenters. The summed E-state index contributed by atoms with van der Waals surface area (Å²) in [5, 5.41) is 2.68. The van der Waals surface area contributed by atoms with Crippen LogP contribution in [0, 0.1) is 0 Å². The molecule has 0 bridgehead atoms. The number of H-pyrrole nitrogens is 1. The highest BCUT2D eigenvalue weighted by Crippen LogP contribution is 2.27. The van der Waals surface area contributed by atoms with E-state index in [1.807, 2.05) is 19.2 Å². The van der Waals surface area contributed by atoms with Crippen molar-refractivity contribution in [1.29, 1.82) is 0 Å². The van der Waals surface area contributed by atoms with Gasteiger partial charge in [-0.2, -0.15) is 0 Å². The SMILES string of the molecule is COC(=O)c1cc(NC(=O)c2ccc3c(c2)N(C)CC3)c[nH]c1=O. The summed E-state index contributed by atoms with van der Waals surface area (Å²) in [5.41, 5.74) is 2.34. The third-order valence-corrected chi connectivity index (χ3v) is 4.04. The fraction of sp³-hybridized carbons (Fsp3) is 0.235. The molecule has 0 atom stereocenters. The molecule has 24 heavy (non-hydrogen) atoms. The number of aromatic nitrogens is 1. The lowest BCUT2D eigenvalue weighted by atomic mass is 10.1. The van der Waals surface area contributed by atoms with Crippen molar-refractivity contribution in [2.45, 2.75) is 6.42 Å². The molecule has 0 radical (unpaired) electrons. The third-order valence-electron chi connectivity index (χ3n) is 4.04. The number of hydrogen-bond donors (Lipinski definition) is 2. The van der Waals surface area contributed by atoms with Crippen LogP contribution in [0.5, 0.6) is 0 Å². The second-order valence-corrected chi connectivity index (χ2v) is 5.59. The molecule has 0 aliphatic carbocycles. The van der Waals surface area contributed by atoms with E-state index >= 15 is 0 Å². The van der Waals surface area contributed by atoms with E-state index in [1.54, 1.807) is 6.07 Å². The summed E-state index contributed by atoms with van der Waals surface area (Å²) in [6.45, 7) is 0.933. The minimum atomic E-state index is -0.758. The largest absolute Gasteiger partial charge is 0.465 e. The number of fused-ring (bicyclic) bond motifs is 1. The molecule has 1 aliphatic rings. The van der Waals surface area contributed by atoms with E-state index in [1.165, 1.54) is 24.9 Å². The van der Waals surface area contributed by atoms with Gasteiger partial charge in [-0.25, -0.2) is 4.79 Å². The van der Waals surface area contributed by atoms with Crippen LogP contribution in [0.15, 0.2) is 35.3 Å². The number of aromatic amines is 1. The molecule has 7 heteroatoms. The number of nitrogens with one attached hydrogen (secondary N) is 2. The highest BCUT2D eigenvalue weighted by atomic mass is 16.5.